The van der Waals surface area contributed by atoms with E-state index in [1.807, 2.05) is 13.0 Å². The molecule has 0 spiro atoms. The maximum atomic E-state index is 14.0. The number of nitrogens with zero attached hydrogens (tertiary/aromatic N) is 3. The summed E-state index contributed by atoms with van der Waals surface area (Å²) in [5, 5.41) is 8.88. The molecular formula is C30H31N3O8S. The topological polar surface area (TPSA) is 131 Å². The SMILES string of the molecule is CCOC(=O)C1=C(C)N=c2s/c(=C\c3ccc(OCC#N)c(OCC)c3)c(=O)n2[C@H]1c1cc(OC)c(OC)c(OC)c1. The van der Waals surface area contributed by atoms with E-state index in [0.717, 1.165) is 0 Å². The Labute approximate surface area is 246 Å². The summed E-state index contributed by atoms with van der Waals surface area (Å²) in [6.07, 6.45) is 1.72. The first-order valence-corrected chi connectivity index (χ1v) is 13.9. The molecule has 2 aromatic carbocycles. The second kappa shape index (κ2) is 13.3. The second-order valence-electron chi connectivity index (χ2n) is 8.85. The normalized spacial score (nSPS) is 14.4. The lowest BCUT2D eigenvalue weighted by Crippen LogP contribution is -2.40. The van der Waals surface area contributed by atoms with Gasteiger partial charge in [0.2, 0.25) is 5.75 Å². The summed E-state index contributed by atoms with van der Waals surface area (Å²) >= 11 is 1.19. The quantitative estimate of drug-likeness (QED) is 0.308. The zero-order chi connectivity index (χ0) is 30.4. The van der Waals surface area contributed by atoms with Crippen LogP contribution in [0.25, 0.3) is 6.08 Å². The van der Waals surface area contributed by atoms with Gasteiger partial charge in [-0.3, -0.25) is 9.36 Å². The van der Waals surface area contributed by atoms with Crippen molar-refractivity contribution in [2.45, 2.75) is 26.8 Å². The highest BCUT2D eigenvalue weighted by atomic mass is 32.1. The van der Waals surface area contributed by atoms with Crippen molar-refractivity contribution in [2.75, 3.05) is 41.2 Å². The molecule has 1 aliphatic rings. The van der Waals surface area contributed by atoms with Gasteiger partial charge in [0.05, 0.1) is 56.4 Å². The van der Waals surface area contributed by atoms with E-state index in [1.165, 1.54) is 37.2 Å². The van der Waals surface area contributed by atoms with Crippen LogP contribution in [0.3, 0.4) is 0 Å². The largest absolute Gasteiger partial charge is 0.493 e. The van der Waals surface area contributed by atoms with Crippen LogP contribution in [0, 0.1) is 11.3 Å². The first kappa shape index (κ1) is 30.2. The number of hydrogen-bond acceptors (Lipinski definition) is 11. The fourth-order valence-corrected chi connectivity index (χ4v) is 5.68. The van der Waals surface area contributed by atoms with Crippen LogP contribution in [-0.2, 0) is 9.53 Å². The van der Waals surface area contributed by atoms with Crippen LogP contribution in [-0.4, -0.2) is 51.7 Å². The van der Waals surface area contributed by atoms with Crippen LogP contribution in [0.2, 0.25) is 0 Å². The van der Waals surface area contributed by atoms with Crippen molar-refractivity contribution in [3.05, 3.63) is 72.4 Å². The summed E-state index contributed by atoms with van der Waals surface area (Å²) in [4.78, 5) is 32.3. The van der Waals surface area contributed by atoms with Gasteiger partial charge in [-0.05, 0) is 62.2 Å². The van der Waals surface area contributed by atoms with Crippen molar-refractivity contribution in [1.29, 1.82) is 5.26 Å². The molecule has 1 atom stereocenters. The van der Waals surface area contributed by atoms with Gasteiger partial charge in [0.25, 0.3) is 5.56 Å². The Bertz CT molecular complexity index is 1720. The molecular weight excluding hydrogens is 562 g/mol. The molecule has 1 aliphatic heterocycles. The number of ether oxygens (including phenoxy) is 6. The molecule has 2 heterocycles. The highest BCUT2D eigenvalue weighted by molar-refractivity contribution is 7.07. The van der Waals surface area contributed by atoms with Gasteiger partial charge in [0, 0.05) is 0 Å². The zero-order valence-corrected chi connectivity index (χ0v) is 25.0. The van der Waals surface area contributed by atoms with E-state index in [0.29, 0.717) is 61.5 Å². The second-order valence-corrected chi connectivity index (χ2v) is 9.86. The van der Waals surface area contributed by atoms with Crippen LogP contribution in [0.1, 0.15) is 37.9 Å². The molecule has 12 heteroatoms. The third kappa shape index (κ3) is 5.82. The van der Waals surface area contributed by atoms with Crippen LogP contribution in [0.5, 0.6) is 28.7 Å². The molecule has 4 rings (SSSR count). The maximum Gasteiger partial charge on any atom is 0.338 e. The number of aromatic nitrogens is 1. The van der Waals surface area contributed by atoms with Gasteiger partial charge in [-0.1, -0.05) is 17.4 Å². The highest BCUT2D eigenvalue weighted by Gasteiger charge is 2.34. The molecule has 0 radical (unpaired) electrons. The number of esters is 1. The lowest BCUT2D eigenvalue weighted by atomic mass is 9.95. The zero-order valence-electron chi connectivity index (χ0n) is 24.2. The predicted molar refractivity (Wildman–Crippen MR) is 155 cm³/mol. The van der Waals surface area contributed by atoms with Gasteiger partial charge < -0.3 is 28.4 Å². The smallest absolute Gasteiger partial charge is 0.338 e. The summed E-state index contributed by atoms with van der Waals surface area (Å²) < 4.78 is 35.0. The number of benzene rings is 2. The molecule has 3 aromatic rings. The molecule has 1 aromatic heterocycles. The summed E-state index contributed by atoms with van der Waals surface area (Å²) in [6.45, 7) is 5.68. The maximum absolute atomic E-state index is 14.0. The van der Waals surface area contributed by atoms with Gasteiger partial charge in [0.1, 0.15) is 6.07 Å². The van der Waals surface area contributed by atoms with Gasteiger partial charge in [-0.15, -0.1) is 0 Å². The molecule has 0 bridgehead atoms. The van der Waals surface area contributed by atoms with E-state index in [9.17, 15) is 9.59 Å². The van der Waals surface area contributed by atoms with E-state index in [1.54, 1.807) is 50.3 Å². The van der Waals surface area contributed by atoms with Gasteiger partial charge in [-0.2, -0.15) is 5.26 Å². The minimum Gasteiger partial charge on any atom is -0.493 e. The predicted octanol–water partition coefficient (Wildman–Crippen LogP) is 3.13. The highest BCUT2D eigenvalue weighted by Crippen LogP contribution is 2.42. The molecule has 0 unspecified atom stereocenters. The molecule has 0 saturated carbocycles. The van der Waals surface area contributed by atoms with Gasteiger partial charge in [0.15, 0.2) is 34.4 Å². The van der Waals surface area contributed by atoms with Crippen molar-refractivity contribution in [3.63, 3.8) is 0 Å². The molecule has 11 nitrogen and oxygen atoms in total. The van der Waals surface area contributed by atoms with Gasteiger partial charge >= 0.3 is 5.97 Å². The van der Waals surface area contributed by atoms with E-state index < -0.39 is 12.0 Å². The van der Waals surface area contributed by atoms with E-state index >= 15 is 0 Å². The minimum atomic E-state index is -0.878. The van der Waals surface area contributed by atoms with Crippen molar-refractivity contribution in [2.24, 2.45) is 4.99 Å². The van der Waals surface area contributed by atoms with Crippen LogP contribution >= 0.6 is 11.3 Å². The van der Waals surface area contributed by atoms with Crippen molar-refractivity contribution >= 4 is 23.4 Å². The fraction of sp³-hybridized carbons (Fsp3) is 0.333. The third-order valence-corrected chi connectivity index (χ3v) is 7.36. The average molecular weight is 594 g/mol. The molecule has 0 N–H and O–H groups in total. The van der Waals surface area contributed by atoms with Crippen molar-refractivity contribution < 1.29 is 33.2 Å². The molecule has 0 fully saturated rings. The number of allylic oxidation sites excluding steroid dienone is 1. The number of methoxy groups -OCH3 is 3. The Balaban J connectivity index is 1.94. The molecule has 0 aliphatic carbocycles. The lowest BCUT2D eigenvalue weighted by Gasteiger charge is -2.26. The summed E-state index contributed by atoms with van der Waals surface area (Å²) in [5.41, 5.74) is 1.53. The van der Waals surface area contributed by atoms with E-state index in [2.05, 4.69) is 4.99 Å². The first-order valence-electron chi connectivity index (χ1n) is 13.1. The first-order chi connectivity index (χ1) is 20.3. The van der Waals surface area contributed by atoms with E-state index in [4.69, 9.17) is 33.7 Å². The Kier molecular flexibility index (Phi) is 9.54. The molecule has 42 heavy (non-hydrogen) atoms. The Morgan fingerprint density at radius 2 is 1.74 bits per heavy atom. The Hall–Kier alpha value is -4.76. The number of hydrogen-bond donors (Lipinski definition) is 0. The Morgan fingerprint density at radius 1 is 1.02 bits per heavy atom. The van der Waals surface area contributed by atoms with Crippen LogP contribution in [0.4, 0.5) is 0 Å². The standard InChI is InChI=1S/C30H31N3O8S/c1-7-39-21-13-18(9-10-20(21)41-12-11-31)14-24-28(34)33-26(19-15-22(36-4)27(38-6)23(16-19)37-5)25(29(35)40-8-2)17(3)32-30(33)42-24/h9-10,13-16,26H,7-8,12H2,1-6H3/b24-14-/t26-/m0/s1. The minimum absolute atomic E-state index is 0.124. The summed E-state index contributed by atoms with van der Waals surface area (Å²) in [7, 11) is 4.48. The van der Waals surface area contributed by atoms with Crippen LogP contribution < -0.4 is 38.6 Å². The number of carbonyl (C=O) groups excluding carboxylic acids is 1. The lowest BCUT2D eigenvalue weighted by molar-refractivity contribution is -0.139. The number of fused-ring (bicyclic) bond motifs is 1. The van der Waals surface area contributed by atoms with Gasteiger partial charge in [-0.25, -0.2) is 9.79 Å². The molecule has 0 saturated heterocycles. The Morgan fingerprint density at radius 3 is 2.33 bits per heavy atom. The molecule has 220 valence electrons. The number of thiazole rings is 1. The molecule has 0 amide bonds. The van der Waals surface area contributed by atoms with Crippen LogP contribution in [0.15, 0.2) is 51.4 Å². The number of rotatable bonds is 11. The average Bonchev–Trinajstić information content (AvgIpc) is 3.29. The number of carbonyl (C=O) groups is 1. The van der Waals surface area contributed by atoms with Crippen molar-refractivity contribution in [3.8, 4) is 34.8 Å². The van der Waals surface area contributed by atoms with E-state index in [-0.39, 0.29) is 24.3 Å². The summed E-state index contributed by atoms with van der Waals surface area (Å²) in [6, 6.07) is 9.66. The fourth-order valence-electron chi connectivity index (χ4n) is 4.63. The third-order valence-electron chi connectivity index (χ3n) is 6.38. The monoisotopic (exact) mass is 593 g/mol. The number of nitriles is 1. The summed E-state index contributed by atoms with van der Waals surface area (Å²) in [5.74, 6) is 1.41. The van der Waals surface area contributed by atoms with Crippen molar-refractivity contribution in [1.82, 2.24) is 4.57 Å².